The lowest BCUT2D eigenvalue weighted by atomic mass is 9.91. The smallest absolute Gasteiger partial charge is 0.337 e. The van der Waals surface area contributed by atoms with Crippen molar-refractivity contribution in [3.05, 3.63) is 77.5 Å². The van der Waals surface area contributed by atoms with Crippen LogP contribution in [0, 0.1) is 17.8 Å². The van der Waals surface area contributed by atoms with Gasteiger partial charge in [-0.15, -0.1) is 0 Å². The normalized spacial score (nSPS) is 28.4. The van der Waals surface area contributed by atoms with Gasteiger partial charge in [0.1, 0.15) is 17.8 Å². The highest BCUT2D eigenvalue weighted by molar-refractivity contribution is 5.93. The van der Waals surface area contributed by atoms with Crippen molar-refractivity contribution in [3.8, 4) is 5.75 Å². The van der Waals surface area contributed by atoms with Crippen LogP contribution in [0.25, 0.3) is 10.9 Å². The highest BCUT2D eigenvalue weighted by atomic mass is 16.6. The van der Waals surface area contributed by atoms with E-state index in [4.69, 9.17) is 9.47 Å². The number of hydrogen-bond acceptors (Lipinski definition) is 7. The van der Waals surface area contributed by atoms with E-state index in [1.807, 2.05) is 58.2 Å². The number of phenolic OH excluding ortho intramolecular Hbond substituents is 1. The number of allylic oxidation sites excluding steroid dienone is 2. The lowest BCUT2D eigenvalue weighted by Crippen LogP contribution is -2.56. The zero-order chi connectivity index (χ0) is 35.1. The Labute approximate surface area is 282 Å². The van der Waals surface area contributed by atoms with E-state index in [1.54, 1.807) is 19.1 Å². The molecule has 1 aromatic heterocycles. The second kappa shape index (κ2) is 16.0. The molecule has 1 aliphatic heterocycles. The fraction of sp³-hybridized carbons (Fsp3) is 0.459. The van der Waals surface area contributed by atoms with Crippen LogP contribution in [-0.2, 0) is 35.1 Å². The van der Waals surface area contributed by atoms with Crippen molar-refractivity contribution in [1.82, 2.24) is 20.5 Å². The van der Waals surface area contributed by atoms with E-state index in [1.165, 1.54) is 31.2 Å². The van der Waals surface area contributed by atoms with Gasteiger partial charge in [0.15, 0.2) is 6.10 Å². The standard InChI is InChI=1S/C37H48N4O7/c1-21-16-22(2)24(4)20-48-37(46)33(47-7)32(26-12-14-28(42)15-13-26)40-35(44)31(18-27-19-38-30-11-9-8-10-29(27)30)41(6)36(45)25(5)39-34(43)23(3)17-21/h8-16,19,22-25,31-33,38,42H,17-18,20H2,1-7H3,(H,39,43)(H,40,44)/b21-16+/t22-,23+,24+,25+,31-,32+,33+/m1/s1. The van der Waals surface area contributed by atoms with Crippen molar-refractivity contribution >= 4 is 34.6 Å². The molecule has 4 rings (SSSR count). The highest BCUT2D eigenvalue weighted by Crippen LogP contribution is 2.26. The van der Waals surface area contributed by atoms with Gasteiger partial charge in [-0.25, -0.2) is 4.79 Å². The van der Waals surface area contributed by atoms with Gasteiger partial charge in [0.05, 0.1) is 12.6 Å². The number of rotatable bonds is 4. The number of aromatic nitrogens is 1. The number of hydrogen-bond donors (Lipinski definition) is 4. The minimum absolute atomic E-state index is 0.0109. The molecule has 0 bridgehead atoms. The van der Waals surface area contributed by atoms with Crippen molar-refractivity contribution in [3.63, 3.8) is 0 Å². The maximum atomic E-state index is 14.4. The molecule has 7 atom stereocenters. The van der Waals surface area contributed by atoms with Crippen LogP contribution in [0.2, 0.25) is 0 Å². The van der Waals surface area contributed by atoms with Crippen LogP contribution in [0.4, 0.5) is 0 Å². The van der Waals surface area contributed by atoms with E-state index in [0.29, 0.717) is 12.0 Å². The van der Waals surface area contributed by atoms with Crippen LogP contribution < -0.4 is 10.6 Å². The SMILES string of the molecule is CO[C@@H]1C(=O)OC[C@H](C)[C@H](C)/C=C(\C)C[C@H](C)C(=O)N[C@@H](C)C(=O)N(C)[C@H](Cc2c[nH]c3ccccc23)C(=O)N[C@H]1c1ccc(O)cc1. The Bertz CT molecular complexity index is 1630. The number of methoxy groups -OCH3 is 1. The molecule has 0 fully saturated rings. The summed E-state index contributed by atoms with van der Waals surface area (Å²) in [6.45, 7) is 9.48. The largest absolute Gasteiger partial charge is 0.508 e. The number of likely N-dealkylation sites (N-methyl/N-ethyl adjacent to an activating group) is 1. The number of aromatic amines is 1. The second-order valence-corrected chi connectivity index (χ2v) is 13.1. The molecule has 0 unspecified atom stereocenters. The van der Waals surface area contributed by atoms with Gasteiger partial charge in [0.2, 0.25) is 17.7 Å². The second-order valence-electron chi connectivity index (χ2n) is 13.1. The third kappa shape index (κ3) is 8.63. The molecule has 258 valence electrons. The average molecular weight is 661 g/mol. The van der Waals surface area contributed by atoms with E-state index >= 15 is 0 Å². The Morgan fingerprint density at radius 3 is 2.33 bits per heavy atom. The summed E-state index contributed by atoms with van der Waals surface area (Å²) in [6, 6.07) is 10.8. The molecule has 3 aromatic rings. The monoisotopic (exact) mass is 660 g/mol. The molecule has 1 aliphatic rings. The van der Waals surface area contributed by atoms with Crippen molar-refractivity contribution in [2.75, 3.05) is 20.8 Å². The number of amides is 3. The van der Waals surface area contributed by atoms with Crippen molar-refractivity contribution in [1.29, 1.82) is 0 Å². The van der Waals surface area contributed by atoms with Crippen LogP contribution in [0.15, 0.2) is 66.4 Å². The molecule has 0 aliphatic carbocycles. The number of esters is 1. The van der Waals surface area contributed by atoms with E-state index in [-0.39, 0.29) is 36.5 Å². The lowest BCUT2D eigenvalue weighted by Gasteiger charge is -2.33. The molecule has 11 heteroatoms. The minimum Gasteiger partial charge on any atom is -0.508 e. The predicted molar refractivity (Wildman–Crippen MR) is 183 cm³/mol. The van der Waals surface area contributed by atoms with Crippen LogP contribution in [0.1, 0.15) is 58.2 Å². The van der Waals surface area contributed by atoms with Crippen LogP contribution >= 0.6 is 0 Å². The zero-order valence-electron chi connectivity index (χ0n) is 28.8. The number of phenols is 1. The first-order chi connectivity index (χ1) is 22.8. The average Bonchev–Trinajstić information content (AvgIpc) is 3.47. The van der Waals surface area contributed by atoms with E-state index in [0.717, 1.165) is 22.0 Å². The summed E-state index contributed by atoms with van der Waals surface area (Å²) in [4.78, 5) is 59.6. The highest BCUT2D eigenvalue weighted by Gasteiger charge is 2.37. The third-order valence-electron chi connectivity index (χ3n) is 9.28. The zero-order valence-corrected chi connectivity index (χ0v) is 28.8. The number of aromatic hydroxyl groups is 1. The number of cyclic esters (lactones) is 1. The number of carbonyl (C=O) groups excluding carboxylic acids is 4. The fourth-order valence-corrected chi connectivity index (χ4v) is 6.13. The summed E-state index contributed by atoms with van der Waals surface area (Å²) < 4.78 is 11.4. The first-order valence-electron chi connectivity index (χ1n) is 16.4. The predicted octanol–water partition coefficient (Wildman–Crippen LogP) is 4.42. The Balaban J connectivity index is 1.77. The minimum atomic E-state index is -1.24. The van der Waals surface area contributed by atoms with Gasteiger partial charge in [-0.05, 0) is 61.4 Å². The van der Waals surface area contributed by atoms with Gasteiger partial charge in [-0.2, -0.15) is 0 Å². The van der Waals surface area contributed by atoms with E-state index < -0.39 is 47.9 Å². The number of nitrogens with zero attached hydrogens (tertiary/aromatic N) is 1. The molecule has 0 saturated carbocycles. The molecule has 2 heterocycles. The van der Waals surface area contributed by atoms with E-state index in [9.17, 15) is 24.3 Å². The first kappa shape index (κ1) is 36.2. The molecule has 3 amide bonds. The van der Waals surface area contributed by atoms with Crippen LogP contribution in [0.5, 0.6) is 5.75 Å². The molecule has 2 aromatic carbocycles. The van der Waals surface area contributed by atoms with Gasteiger partial charge in [0.25, 0.3) is 0 Å². The molecular formula is C37H48N4O7. The summed E-state index contributed by atoms with van der Waals surface area (Å²) in [5, 5.41) is 16.7. The van der Waals surface area contributed by atoms with Crippen LogP contribution in [-0.4, -0.2) is 77.6 Å². The maximum Gasteiger partial charge on any atom is 0.337 e. The Morgan fingerprint density at radius 1 is 0.958 bits per heavy atom. The number of ether oxygens (including phenoxy) is 2. The molecule has 0 spiro atoms. The van der Waals surface area contributed by atoms with Crippen molar-refractivity contribution in [2.24, 2.45) is 17.8 Å². The summed E-state index contributed by atoms with van der Waals surface area (Å²) in [5.74, 6) is -2.34. The van der Waals surface area contributed by atoms with Gasteiger partial charge in [-0.1, -0.05) is 62.8 Å². The summed E-state index contributed by atoms with van der Waals surface area (Å²) in [7, 11) is 2.90. The molecule has 4 N–H and O–H groups in total. The van der Waals surface area contributed by atoms with Crippen molar-refractivity contribution < 1.29 is 33.8 Å². The topological polar surface area (TPSA) is 150 Å². The Hall–Kier alpha value is -4.64. The Kier molecular flexibility index (Phi) is 12.0. The molecule has 11 nitrogen and oxygen atoms in total. The van der Waals surface area contributed by atoms with Gasteiger partial charge in [0, 0.05) is 43.6 Å². The third-order valence-corrected chi connectivity index (χ3v) is 9.28. The molecule has 0 radical (unpaired) electrons. The molecular weight excluding hydrogens is 612 g/mol. The fourth-order valence-electron chi connectivity index (χ4n) is 6.13. The Morgan fingerprint density at radius 2 is 1.65 bits per heavy atom. The maximum absolute atomic E-state index is 14.4. The first-order valence-corrected chi connectivity index (χ1v) is 16.4. The van der Waals surface area contributed by atoms with Crippen molar-refractivity contribution in [2.45, 2.75) is 71.7 Å². The molecule has 0 saturated heterocycles. The summed E-state index contributed by atoms with van der Waals surface area (Å²) >= 11 is 0. The van der Waals surface area contributed by atoms with Gasteiger partial charge in [-0.3, -0.25) is 14.4 Å². The van der Waals surface area contributed by atoms with Gasteiger partial charge < -0.3 is 35.1 Å². The quantitative estimate of drug-likeness (QED) is 0.239. The molecule has 48 heavy (non-hydrogen) atoms. The number of carbonyl (C=O) groups is 4. The number of fused-ring (bicyclic) bond motifs is 1. The van der Waals surface area contributed by atoms with Crippen LogP contribution in [0.3, 0.4) is 0 Å². The number of para-hydroxylation sites is 1. The number of H-pyrrole nitrogens is 1. The van der Waals surface area contributed by atoms with E-state index in [2.05, 4.69) is 21.7 Å². The number of nitrogens with one attached hydrogen (secondary N) is 3. The van der Waals surface area contributed by atoms with Gasteiger partial charge >= 0.3 is 5.97 Å². The lowest BCUT2D eigenvalue weighted by molar-refractivity contribution is -0.159. The summed E-state index contributed by atoms with van der Waals surface area (Å²) in [6.07, 6.45) is 3.27. The number of benzene rings is 2. The summed E-state index contributed by atoms with van der Waals surface area (Å²) in [5.41, 5.74) is 3.19.